The third-order valence-electron chi connectivity index (χ3n) is 8.39. The Morgan fingerprint density at radius 2 is 1.61 bits per heavy atom. The maximum atomic E-state index is 14.3. The van der Waals surface area contributed by atoms with E-state index < -0.39 is 23.7 Å². The first kappa shape index (κ1) is 29.4. The number of rotatable bonds is 6. The molecule has 0 spiro atoms. The molecule has 0 radical (unpaired) electrons. The zero-order valence-electron chi connectivity index (χ0n) is 24.2. The van der Waals surface area contributed by atoms with Crippen molar-refractivity contribution < 1.29 is 22.8 Å². The van der Waals surface area contributed by atoms with Gasteiger partial charge in [-0.3, -0.25) is 14.6 Å². The van der Waals surface area contributed by atoms with Crippen LogP contribution in [0.5, 0.6) is 0 Å². The van der Waals surface area contributed by atoms with Crippen molar-refractivity contribution in [3.63, 3.8) is 0 Å². The van der Waals surface area contributed by atoms with Gasteiger partial charge in [0.15, 0.2) is 0 Å². The first-order chi connectivity index (χ1) is 21.2. The number of pyridine rings is 1. The van der Waals surface area contributed by atoms with E-state index in [0.29, 0.717) is 22.4 Å². The smallest absolute Gasteiger partial charge is 0.369 e. The second-order valence-corrected chi connectivity index (χ2v) is 11.2. The number of aromatic nitrogens is 1. The molecule has 1 fully saturated rings. The van der Waals surface area contributed by atoms with E-state index >= 15 is 0 Å². The van der Waals surface area contributed by atoms with Gasteiger partial charge in [0.1, 0.15) is 0 Å². The van der Waals surface area contributed by atoms with Crippen LogP contribution in [0.1, 0.15) is 44.6 Å². The summed E-state index contributed by atoms with van der Waals surface area (Å²) >= 11 is 0. The molecule has 2 amide bonds. The molecular formula is C34H32F3N5O2. The number of nitrogens with one attached hydrogen (secondary N) is 1. The van der Waals surface area contributed by atoms with E-state index in [1.807, 2.05) is 24.3 Å². The number of piperazine rings is 1. The molecule has 2 aliphatic rings. The average molecular weight is 600 g/mol. The van der Waals surface area contributed by atoms with Crippen LogP contribution in [0, 0.1) is 0 Å². The largest absolute Gasteiger partial charge is 0.416 e. The Morgan fingerprint density at radius 1 is 0.909 bits per heavy atom. The number of carbonyl (C=O) groups is 2. The van der Waals surface area contributed by atoms with Gasteiger partial charge in [0.05, 0.1) is 17.5 Å². The summed E-state index contributed by atoms with van der Waals surface area (Å²) in [6, 6.07) is 22.0. The highest BCUT2D eigenvalue weighted by atomic mass is 19.4. The molecular weight excluding hydrogens is 567 g/mol. The van der Waals surface area contributed by atoms with Crippen molar-refractivity contribution in [2.75, 3.05) is 43.4 Å². The Labute approximate surface area is 253 Å². The summed E-state index contributed by atoms with van der Waals surface area (Å²) in [4.78, 5) is 38.5. The minimum Gasteiger partial charge on any atom is -0.369 e. The van der Waals surface area contributed by atoms with E-state index in [-0.39, 0.29) is 18.4 Å². The molecule has 6 rings (SSSR count). The van der Waals surface area contributed by atoms with Crippen LogP contribution in [-0.2, 0) is 17.5 Å². The molecule has 0 bridgehead atoms. The number of anilines is 2. The van der Waals surface area contributed by atoms with Crippen LogP contribution in [0.3, 0.4) is 0 Å². The van der Waals surface area contributed by atoms with Gasteiger partial charge < -0.3 is 20.0 Å². The van der Waals surface area contributed by atoms with E-state index in [1.165, 1.54) is 12.1 Å². The number of carbonyl (C=O) groups excluding carboxylic acids is 2. The number of hydrogen-bond donors (Lipinski definition) is 1. The molecule has 0 aliphatic carbocycles. The summed E-state index contributed by atoms with van der Waals surface area (Å²) in [6.07, 6.45) is -1.29. The Balaban J connectivity index is 1.40. The predicted octanol–water partition coefficient (Wildman–Crippen LogP) is 5.97. The van der Waals surface area contributed by atoms with Crippen molar-refractivity contribution in [2.45, 2.75) is 24.7 Å². The second-order valence-electron chi connectivity index (χ2n) is 11.2. The fourth-order valence-electron chi connectivity index (χ4n) is 6.04. The monoisotopic (exact) mass is 599 g/mol. The SMILES string of the molecule is CN1CCN(c2cccc(NC(=O)[C@H]3c4ccccc4C(=O)N(Cc4ccncc4)[C@@H]3c3ccc(C(F)(F)F)cc3)c2)CC1. The van der Waals surface area contributed by atoms with Gasteiger partial charge in [-0.15, -0.1) is 0 Å². The van der Waals surface area contributed by atoms with Crippen molar-refractivity contribution in [3.8, 4) is 0 Å². The van der Waals surface area contributed by atoms with Gasteiger partial charge in [0, 0.05) is 62.1 Å². The van der Waals surface area contributed by atoms with Crippen molar-refractivity contribution >= 4 is 23.2 Å². The first-order valence-corrected chi connectivity index (χ1v) is 14.5. The fraction of sp³-hybridized carbons (Fsp3) is 0.265. The van der Waals surface area contributed by atoms with Gasteiger partial charge in [-0.05, 0) is 72.3 Å². The minimum absolute atomic E-state index is 0.143. The summed E-state index contributed by atoms with van der Waals surface area (Å²) in [5.41, 5.74) is 2.93. The lowest BCUT2D eigenvalue weighted by Crippen LogP contribution is -2.45. The number of likely N-dealkylation sites (N-methyl/N-ethyl adjacent to an activating group) is 1. The molecule has 3 heterocycles. The molecule has 1 N–H and O–H groups in total. The van der Waals surface area contributed by atoms with E-state index in [0.717, 1.165) is 49.6 Å². The maximum Gasteiger partial charge on any atom is 0.416 e. The Morgan fingerprint density at radius 3 is 2.32 bits per heavy atom. The van der Waals surface area contributed by atoms with Gasteiger partial charge in [0.2, 0.25) is 5.91 Å². The average Bonchev–Trinajstić information content (AvgIpc) is 3.03. The molecule has 4 aromatic rings. The maximum absolute atomic E-state index is 14.3. The molecule has 10 heteroatoms. The summed E-state index contributed by atoms with van der Waals surface area (Å²) < 4.78 is 40.4. The second kappa shape index (κ2) is 12.1. The lowest BCUT2D eigenvalue weighted by Gasteiger charge is -2.42. The van der Waals surface area contributed by atoms with E-state index in [4.69, 9.17) is 0 Å². The number of hydrogen-bond acceptors (Lipinski definition) is 5. The van der Waals surface area contributed by atoms with Crippen LogP contribution in [0.15, 0.2) is 97.3 Å². The van der Waals surface area contributed by atoms with Gasteiger partial charge in [-0.2, -0.15) is 13.2 Å². The van der Waals surface area contributed by atoms with Crippen molar-refractivity contribution in [3.05, 3.63) is 125 Å². The Kier molecular flexibility index (Phi) is 8.09. The third kappa shape index (κ3) is 6.03. The van der Waals surface area contributed by atoms with Gasteiger partial charge in [0.25, 0.3) is 5.91 Å². The van der Waals surface area contributed by atoms with Crippen molar-refractivity contribution in [2.24, 2.45) is 0 Å². The minimum atomic E-state index is -4.52. The van der Waals surface area contributed by atoms with E-state index in [1.54, 1.807) is 53.7 Å². The standard InChI is InChI=1S/C34H32F3N5O2/c1-40-17-19-41(20-18-40)27-6-4-5-26(21-27)39-32(43)30-28-7-2-3-8-29(28)33(44)42(22-23-13-15-38-16-14-23)31(30)24-9-11-25(12-10-24)34(35,36)37/h2-16,21,30-31H,17-20,22H2,1H3,(H,39,43)/t30-,31+/m0/s1. The molecule has 1 aromatic heterocycles. The molecule has 226 valence electrons. The number of halogens is 3. The molecule has 3 aromatic carbocycles. The molecule has 7 nitrogen and oxygen atoms in total. The summed E-state index contributed by atoms with van der Waals surface area (Å²) in [5, 5.41) is 3.07. The van der Waals surface area contributed by atoms with Crippen LogP contribution in [0.4, 0.5) is 24.5 Å². The predicted molar refractivity (Wildman–Crippen MR) is 162 cm³/mol. The topological polar surface area (TPSA) is 68.8 Å². The van der Waals surface area contributed by atoms with Gasteiger partial charge >= 0.3 is 6.18 Å². The number of amides is 2. The first-order valence-electron chi connectivity index (χ1n) is 14.5. The Hall–Kier alpha value is -4.70. The summed E-state index contributed by atoms with van der Waals surface area (Å²) in [5.74, 6) is -1.55. The summed E-state index contributed by atoms with van der Waals surface area (Å²) in [7, 11) is 2.09. The number of alkyl halides is 3. The van der Waals surface area contributed by atoms with Gasteiger partial charge in [-0.1, -0.05) is 36.4 Å². The lowest BCUT2D eigenvalue weighted by molar-refractivity contribution is -0.137. The molecule has 1 saturated heterocycles. The quantitative estimate of drug-likeness (QED) is 0.296. The van der Waals surface area contributed by atoms with Crippen LogP contribution < -0.4 is 10.2 Å². The zero-order valence-corrected chi connectivity index (χ0v) is 24.2. The molecule has 2 aliphatic heterocycles. The van der Waals surface area contributed by atoms with E-state index in [9.17, 15) is 22.8 Å². The van der Waals surface area contributed by atoms with Crippen molar-refractivity contribution in [1.29, 1.82) is 0 Å². The third-order valence-corrected chi connectivity index (χ3v) is 8.39. The number of benzene rings is 3. The summed E-state index contributed by atoms with van der Waals surface area (Å²) in [6.45, 7) is 3.75. The van der Waals surface area contributed by atoms with Crippen LogP contribution in [0.25, 0.3) is 0 Å². The van der Waals surface area contributed by atoms with E-state index in [2.05, 4.69) is 27.1 Å². The highest BCUT2D eigenvalue weighted by molar-refractivity contribution is 6.04. The highest BCUT2D eigenvalue weighted by Gasteiger charge is 2.44. The number of nitrogens with zero attached hydrogens (tertiary/aromatic N) is 4. The molecule has 0 saturated carbocycles. The lowest BCUT2D eigenvalue weighted by atomic mass is 9.78. The molecule has 0 unspecified atom stereocenters. The Bertz CT molecular complexity index is 1640. The van der Waals surface area contributed by atoms with Crippen LogP contribution in [0.2, 0.25) is 0 Å². The zero-order chi connectivity index (χ0) is 30.8. The molecule has 2 atom stereocenters. The highest BCUT2D eigenvalue weighted by Crippen LogP contribution is 2.44. The molecule has 44 heavy (non-hydrogen) atoms. The van der Waals surface area contributed by atoms with Crippen molar-refractivity contribution in [1.82, 2.24) is 14.8 Å². The van der Waals surface area contributed by atoms with Crippen LogP contribution in [-0.4, -0.2) is 59.8 Å². The normalized spacial score (nSPS) is 19.0. The number of fused-ring (bicyclic) bond motifs is 1. The van der Waals surface area contributed by atoms with Gasteiger partial charge in [-0.25, -0.2) is 0 Å². The van der Waals surface area contributed by atoms with Crippen LogP contribution >= 0.6 is 0 Å². The fourth-order valence-corrected chi connectivity index (χ4v) is 6.04.